The molecule has 21 heavy (non-hydrogen) atoms. The molecule has 1 aromatic heterocycles. The zero-order chi connectivity index (χ0) is 15.5. The number of sulfonamides is 1. The Morgan fingerprint density at radius 2 is 2.19 bits per heavy atom. The molecule has 0 spiro atoms. The molecule has 1 aliphatic rings. The third kappa shape index (κ3) is 3.62. The van der Waals surface area contributed by atoms with Crippen LogP contribution in [0.3, 0.4) is 0 Å². The van der Waals surface area contributed by atoms with Gasteiger partial charge in [-0.15, -0.1) is 0 Å². The number of carbonyl (C=O) groups excluding carboxylic acids is 1. The Morgan fingerprint density at radius 3 is 2.76 bits per heavy atom. The Balaban J connectivity index is 1.86. The van der Waals surface area contributed by atoms with E-state index in [1.165, 1.54) is 6.20 Å². The standard InChI is InChI=1S/C13H22N4O3S/c1-3-17-11(2)12(10-14-17)21(19,20)15-7-5-9-16-8-4-6-13(16)18/h10,15H,3-9H2,1-2H3. The van der Waals surface area contributed by atoms with Crippen molar-refractivity contribution in [3.8, 4) is 0 Å². The first-order valence-corrected chi connectivity index (χ1v) is 8.74. The molecule has 0 saturated carbocycles. The molecule has 1 saturated heterocycles. The number of carbonyl (C=O) groups is 1. The molecule has 1 N–H and O–H groups in total. The van der Waals surface area contributed by atoms with E-state index >= 15 is 0 Å². The minimum atomic E-state index is -3.53. The number of hydrogen-bond donors (Lipinski definition) is 1. The van der Waals surface area contributed by atoms with Gasteiger partial charge in [0.1, 0.15) is 4.90 Å². The van der Waals surface area contributed by atoms with E-state index in [2.05, 4.69) is 9.82 Å². The van der Waals surface area contributed by atoms with Gasteiger partial charge in [-0.3, -0.25) is 9.48 Å². The lowest BCUT2D eigenvalue weighted by Gasteiger charge is -2.15. The van der Waals surface area contributed by atoms with Gasteiger partial charge >= 0.3 is 0 Å². The Bertz CT molecular complexity index is 609. The maximum atomic E-state index is 12.2. The Labute approximate surface area is 125 Å². The summed E-state index contributed by atoms with van der Waals surface area (Å²) in [6, 6.07) is 0. The fourth-order valence-corrected chi connectivity index (χ4v) is 3.76. The highest BCUT2D eigenvalue weighted by Crippen LogP contribution is 2.14. The molecule has 7 nitrogen and oxygen atoms in total. The zero-order valence-corrected chi connectivity index (χ0v) is 13.3. The number of rotatable bonds is 7. The van der Waals surface area contributed by atoms with Crippen LogP contribution in [0.5, 0.6) is 0 Å². The monoisotopic (exact) mass is 314 g/mol. The van der Waals surface area contributed by atoms with Crippen LogP contribution in [0.25, 0.3) is 0 Å². The topological polar surface area (TPSA) is 84.3 Å². The quantitative estimate of drug-likeness (QED) is 0.743. The molecule has 1 aromatic rings. The number of hydrogen-bond acceptors (Lipinski definition) is 4. The van der Waals surface area contributed by atoms with Crippen LogP contribution in [0.4, 0.5) is 0 Å². The normalized spacial score (nSPS) is 15.9. The van der Waals surface area contributed by atoms with Crippen LogP contribution >= 0.6 is 0 Å². The van der Waals surface area contributed by atoms with Crippen LogP contribution in [0.2, 0.25) is 0 Å². The largest absolute Gasteiger partial charge is 0.343 e. The average molecular weight is 314 g/mol. The van der Waals surface area contributed by atoms with E-state index in [1.807, 2.05) is 6.92 Å². The number of nitrogens with zero attached hydrogens (tertiary/aromatic N) is 3. The second kappa shape index (κ2) is 6.57. The van der Waals surface area contributed by atoms with Crippen molar-refractivity contribution in [2.24, 2.45) is 0 Å². The van der Waals surface area contributed by atoms with Gasteiger partial charge in [0.25, 0.3) is 0 Å². The van der Waals surface area contributed by atoms with Crippen molar-refractivity contribution in [3.05, 3.63) is 11.9 Å². The van der Waals surface area contributed by atoms with E-state index in [1.54, 1.807) is 16.5 Å². The van der Waals surface area contributed by atoms with E-state index < -0.39 is 10.0 Å². The van der Waals surface area contributed by atoms with Gasteiger partial charge in [-0.25, -0.2) is 13.1 Å². The number of likely N-dealkylation sites (tertiary alicyclic amines) is 1. The summed E-state index contributed by atoms with van der Waals surface area (Å²) in [5, 5.41) is 4.05. The minimum absolute atomic E-state index is 0.165. The molecule has 2 heterocycles. The predicted molar refractivity (Wildman–Crippen MR) is 78.3 cm³/mol. The number of aryl methyl sites for hydroxylation is 1. The maximum Gasteiger partial charge on any atom is 0.243 e. The molecule has 0 radical (unpaired) electrons. The van der Waals surface area contributed by atoms with Gasteiger partial charge in [-0.05, 0) is 26.7 Å². The Morgan fingerprint density at radius 1 is 1.43 bits per heavy atom. The highest BCUT2D eigenvalue weighted by Gasteiger charge is 2.21. The number of amides is 1. The summed E-state index contributed by atoms with van der Waals surface area (Å²) in [6.07, 6.45) is 3.51. The molecular formula is C13H22N4O3S. The Kier molecular flexibility index (Phi) is 5.00. The maximum absolute atomic E-state index is 12.2. The molecular weight excluding hydrogens is 292 g/mol. The molecule has 1 amide bonds. The van der Waals surface area contributed by atoms with Gasteiger partial charge in [0, 0.05) is 32.6 Å². The summed E-state index contributed by atoms with van der Waals surface area (Å²) < 4.78 is 28.6. The summed E-state index contributed by atoms with van der Waals surface area (Å²) in [7, 11) is -3.53. The smallest absolute Gasteiger partial charge is 0.243 e. The van der Waals surface area contributed by atoms with Crippen LogP contribution < -0.4 is 4.72 Å². The lowest BCUT2D eigenvalue weighted by atomic mass is 10.4. The van der Waals surface area contributed by atoms with Crippen LogP contribution in [0.15, 0.2) is 11.1 Å². The first-order chi connectivity index (χ1) is 9.95. The first-order valence-electron chi connectivity index (χ1n) is 7.25. The average Bonchev–Trinajstić information content (AvgIpc) is 3.01. The summed E-state index contributed by atoms with van der Waals surface area (Å²) in [5.41, 5.74) is 0.639. The Hall–Kier alpha value is -1.41. The lowest BCUT2D eigenvalue weighted by molar-refractivity contribution is -0.127. The molecule has 0 bridgehead atoms. The fourth-order valence-electron chi connectivity index (χ4n) is 2.51. The fraction of sp³-hybridized carbons (Fsp3) is 0.692. The van der Waals surface area contributed by atoms with E-state index in [4.69, 9.17) is 0 Å². The van der Waals surface area contributed by atoms with Gasteiger partial charge < -0.3 is 4.90 Å². The van der Waals surface area contributed by atoms with E-state index in [9.17, 15) is 13.2 Å². The molecule has 1 fully saturated rings. The SMILES string of the molecule is CCn1ncc(S(=O)(=O)NCCCN2CCCC2=O)c1C. The molecule has 8 heteroatoms. The van der Waals surface area contributed by atoms with Crippen molar-refractivity contribution >= 4 is 15.9 Å². The van der Waals surface area contributed by atoms with Crippen LogP contribution in [-0.2, 0) is 21.4 Å². The molecule has 0 unspecified atom stereocenters. The van der Waals surface area contributed by atoms with Crippen molar-refractivity contribution in [1.82, 2.24) is 19.4 Å². The van der Waals surface area contributed by atoms with Crippen molar-refractivity contribution in [2.75, 3.05) is 19.6 Å². The van der Waals surface area contributed by atoms with Gasteiger partial charge in [0.05, 0.1) is 11.9 Å². The van der Waals surface area contributed by atoms with Gasteiger partial charge in [0.2, 0.25) is 15.9 Å². The summed E-state index contributed by atoms with van der Waals surface area (Å²) >= 11 is 0. The van der Waals surface area contributed by atoms with Gasteiger partial charge in [-0.1, -0.05) is 0 Å². The van der Waals surface area contributed by atoms with Crippen LogP contribution in [0.1, 0.15) is 31.9 Å². The molecule has 2 rings (SSSR count). The number of nitrogens with one attached hydrogen (secondary N) is 1. The van der Waals surface area contributed by atoms with Crippen molar-refractivity contribution in [1.29, 1.82) is 0 Å². The highest BCUT2D eigenvalue weighted by atomic mass is 32.2. The third-order valence-electron chi connectivity index (χ3n) is 3.72. The first kappa shape index (κ1) is 16.0. The highest BCUT2D eigenvalue weighted by molar-refractivity contribution is 7.89. The minimum Gasteiger partial charge on any atom is -0.343 e. The second-order valence-electron chi connectivity index (χ2n) is 5.15. The van der Waals surface area contributed by atoms with Crippen molar-refractivity contribution in [2.45, 2.75) is 44.6 Å². The molecule has 0 atom stereocenters. The second-order valence-corrected chi connectivity index (χ2v) is 6.88. The van der Waals surface area contributed by atoms with Gasteiger partial charge in [0.15, 0.2) is 0 Å². The zero-order valence-electron chi connectivity index (χ0n) is 12.5. The third-order valence-corrected chi connectivity index (χ3v) is 5.28. The lowest BCUT2D eigenvalue weighted by Crippen LogP contribution is -2.30. The van der Waals surface area contributed by atoms with Crippen LogP contribution in [0, 0.1) is 6.92 Å². The molecule has 1 aliphatic heterocycles. The molecule has 0 aromatic carbocycles. The van der Waals surface area contributed by atoms with Crippen molar-refractivity contribution < 1.29 is 13.2 Å². The van der Waals surface area contributed by atoms with Crippen molar-refractivity contribution in [3.63, 3.8) is 0 Å². The number of aromatic nitrogens is 2. The predicted octanol–water partition coefficient (Wildman–Crippen LogP) is 0.502. The molecule has 118 valence electrons. The summed E-state index contributed by atoms with van der Waals surface area (Å²) in [5.74, 6) is 0.165. The van der Waals surface area contributed by atoms with Crippen LogP contribution in [-0.4, -0.2) is 48.6 Å². The summed E-state index contributed by atoms with van der Waals surface area (Å²) in [6.45, 7) is 6.01. The van der Waals surface area contributed by atoms with E-state index in [-0.39, 0.29) is 10.8 Å². The van der Waals surface area contributed by atoms with Gasteiger partial charge in [-0.2, -0.15) is 5.10 Å². The van der Waals surface area contributed by atoms with E-state index in [0.717, 1.165) is 13.0 Å². The summed E-state index contributed by atoms with van der Waals surface area (Å²) in [4.78, 5) is 13.5. The van der Waals surface area contributed by atoms with E-state index in [0.29, 0.717) is 38.2 Å². The molecule has 0 aliphatic carbocycles.